The van der Waals surface area contributed by atoms with Gasteiger partial charge in [0.25, 0.3) is 0 Å². The Hall–Kier alpha value is -2.57. The van der Waals surface area contributed by atoms with Gasteiger partial charge < -0.3 is 4.74 Å². The first kappa shape index (κ1) is 15.8. The molecular weight excluding hydrogens is 299 g/mol. The Morgan fingerprint density at radius 3 is 2.50 bits per heavy atom. The Morgan fingerprint density at radius 2 is 1.91 bits per heavy atom. The van der Waals surface area contributed by atoms with Crippen LogP contribution in [0.4, 0.5) is 18.9 Å². The number of rotatable bonds is 4. The van der Waals surface area contributed by atoms with Crippen LogP contribution in [0.3, 0.4) is 0 Å². The third kappa shape index (κ3) is 3.55. The van der Waals surface area contributed by atoms with Gasteiger partial charge in [0.05, 0.1) is 10.5 Å². The molecular formula is C15H12F3NO3. The third-order valence-corrected chi connectivity index (χ3v) is 3.02. The average molecular weight is 311 g/mol. The molecule has 0 heterocycles. The molecule has 0 unspecified atom stereocenters. The first-order valence-corrected chi connectivity index (χ1v) is 6.43. The summed E-state index contributed by atoms with van der Waals surface area (Å²) < 4.78 is 43.2. The van der Waals surface area contributed by atoms with Crippen LogP contribution in [0.1, 0.15) is 18.1 Å². The van der Waals surface area contributed by atoms with Crippen molar-refractivity contribution in [2.24, 2.45) is 0 Å². The summed E-state index contributed by atoms with van der Waals surface area (Å²) in [6.45, 7) is 1.93. The summed E-state index contributed by atoms with van der Waals surface area (Å²) >= 11 is 0. The van der Waals surface area contributed by atoms with Gasteiger partial charge in [-0.1, -0.05) is 19.1 Å². The third-order valence-electron chi connectivity index (χ3n) is 3.02. The van der Waals surface area contributed by atoms with E-state index < -0.39 is 22.4 Å². The maximum absolute atomic E-state index is 12.6. The van der Waals surface area contributed by atoms with Gasteiger partial charge in [0, 0.05) is 6.07 Å². The second-order valence-electron chi connectivity index (χ2n) is 4.54. The summed E-state index contributed by atoms with van der Waals surface area (Å²) in [6, 6.07) is 9.02. The predicted molar refractivity (Wildman–Crippen MR) is 74.0 cm³/mol. The van der Waals surface area contributed by atoms with Crippen LogP contribution in [0.5, 0.6) is 11.5 Å². The Balaban J connectivity index is 2.40. The Morgan fingerprint density at radius 1 is 1.18 bits per heavy atom. The number of halogens is 3. The quantitative estimate of drug-likeness (QED) is 0.592. The van der Waals surface area contributed by atoms with Gasteiger partial charge in [-0.2, -0.15) is 13.2 Å². The van der Waals surface area contributed by atoms with E-state index in [2.05, 4.69) is 0 Å². The molecule has 0 aliphatic carbocycles. The smallest absolute Gasteiger partial charge is 0.416 e. The lowest BCUT2D eigenvalue weighted by Gasteiger charge is -2.10. The molecule has 0 aliphatic heterocycles. The number of hydrogen-bond acceptors (Lipinski definition) is 3. The molecule has 0 spiro atoms. The molecule has 0 fully saturated rings. The maximum atomic E-state index is 12.6. The van der Waals surface area contributed by atoms with Crippen LogP contribution in [0.25, 0.3) is 0 Å². The van der Waals surface area contributed by atoms with Crippen molar-refractivity contribution in [3.63, 3.8) is 0 Å². The van der Waals surface area contributed by atoms with E-state index in [1.165, 1.54) is 0 Å². The Kier molecular flexibility index (Phi) is 4.35. The predicted octanol–water partition coefficient (Wildman–Crippen LogP) is 4.97. The molecule has 0 amide bonds. The molecule has 0 saturated carbocycles. The maximum Gasteiger partial charge on any atom is 0.416 e. The standard InChI is InChI=1S/C15H12F3NO3/c1-2-10-4-3-5-12(8-10)22-14-7-6-11(15(16,17)18)9-13(14)19(20)21/h3-9H,2H2,1H3. The Bertz CT molecular complexity index is 699. The van der Waals surface area contributed by atoms with Gasteiger partial charge in [0.15, 0.2) is 0 Å². The summed E-state index contributed by atoms with van der Waals surface area (Å²) in [4.78, 5) is 10.1. The van der Waals surface area contributed by atoms with Crippen molar-refractivity contribution in [1.82, 2.24) is 0 Å². The van der Waals surface area contributed by atoms with E-state index in [1.54, 1.807) is 18.2 Å². The molecule has 0 aliphatic rings. The van der Waals surface area contributed by atoms with Crippen LogP contribution in [0.2, 0.25) is 0 Å². The molecule has 2 aromatic carbocycles. The topological polar surface area (TPSA) is 52.4 Å². The fraction of sp³-hybridized carbons (Fsp3) is 0.200. The van der Waals surface area contributed by atoms with Crippen molar-refractivity contribution in [3.05, 3.63) is 63.7 Å². The van der Waals surface area contributed by atoms with Gasteiger partial charge in [0.2, 0.25) is 5.75 Å². The van der Waals surface area contributed by atoms with Gasteiger partial charge in [-0.15, -0.1) is 0 Å². The first-order valence-electron chi connectivity index (χ1n) is 6.43. The van der Waals surface area contributed by atoms with Crippen molar-refractivity contribution >= 4 is 5.69 Å². The number of aryl methyl sites for hydroxylation is 1. The van der Waals surface area contributed by atoms with Gasteiger partial charge in [-0.25, -0.2) is 0 Å². The number of nitro groups is 1. The number of nitrogens with zero attached hydrogens (tertiary/aromatic N) is 1. The lowest BCUT2D eigenvalue weighted by molar-refractivity contribution is -0.385. The Labute approximate surface area is 124 Å². The van der Waals surface area contributed by atoms with Crippen molar-refractivity contribution in [1.29, 1.82) is 0 Å². The zero-order valence-corrected chi connectivity index (χ0v) is 11.6. The summed E-state index contributed by atoms with van der Waals surface area (Å²) in [5.41, 5.74) is -0.863. The van der Waals surface area contributed by atoms with E-state index in [4.69, 9.17) is 4.74 Å². The van der Waals surface area contributed by atoms with Gasteiger partial charge in [0.1, 0.15) is 5.75 Å². The van der Waals surface area contributed by atoms with Gasteiger partial charge in [-0.05, 0) is 36.2 Å². The fourth-order valence-electron chi connectivity index (χ4n) is 1.88. The van der Waals surface area contributed by atoms with Gasteiger partial charge >= 0.3 is 11.9 Å². The lowest BCUT2D eigenvalue weighted by Crippen LogP contribution is -2.06. The fourth-order valence-corrected chi connectivity index (χ4v) is 1.88. The molecule has 2 aromatic rings. The molecule has 2 rings (SSSR count). The number of ether oxygens (including phenoxy) is 1. The molecule has 0 radical (unpaired) electrons. The van der Waals surface area contributed by atoms with Crippen LogP contribution in [0, 0.1) is 10.1 Å². The molecule has 0 aromatic heterocycles. The minimum Gasteiger partial charge on any atom is -0.450 e. The van der Waals surface area contributed by atoms with Gasteiger partial charge in [-0.3, -0.25) is 10.1 Å². The van der Waals surface area contributed by atoms with Crippen molar-refractivity contribution in [2.75, 3.05) is 0 Å². The van der Waals surface area contributed by atoms with E-state index in [-0.39, 0.29) is 5.75 Å². The summed E-state index contributed by atoms with van der Waals surface area (Å²) in [5, 5.41) is 11.0. The second-order valence-corrected chi connectivity index (χ2v) is 4.54. The van der Waals surface area contributed by atoms with E-state index in [9.17, 15) is 23.3 Å². The van der Waals surface area contributed by atoms with Crippen LogP contribution in [0.15, 0.2) is 42.5 Å². The van der Waals surface area contributed by atoms with Crippen molar-refractivity contribution in [2.45, 2.75) is 19.5 Å². The summed E-state index contributed by atoms with van der Waals surface area (Å²) in [7, 11) is 0. The molecule has 22 heavy (non-hydrogen) atoms. The number of hydrogen-bond donors (Lipinski definition) is 0. The normalized spacial score (nSPS) is 11.3. The van der Waals surface area contributed by atoms with E-state index in [1.807, 2.05) is 13.0 Å². The van der Waals surface area contributed by atoms with Crippen molar-refractivity contribution in [3.8, 4) is 11.5 Å². The zero-order chi connectivity index (χ0) is 16.3. The number of nitro benzene ring substituents is 1. The van der Waals surface area contributed by atoms with E-state index >= 15 is 0 Å². The average Bonchev–Trinajstić information content (AvgIpc) is 2.46. The largest absolute Gasteiger partial charge is 0.450 e. The van der Waals surface area contributed by atoms with Crippen LogP contribution in [-0.4, -0.2) is 4.92 Å². The van der Waals surface area contributed by atoms with Crippen molar-refractivity contribution < 1.29 is 22.8 Å². The lowest BCUT2D eigenvalue weighted by atomic mass is 10.1. The van der Waals surface area contributed by atoms with Crippen LogP contribution < -0.4 is 4.74 Å². The molecule has 0 N–H and O–H groups in total. The molecule has 0 bridgehead atoms. The molecule has 0 saturated heterocycles. The first-order chi connectivity index (χ1) is 10.3. The highest BCUT2D eigenvalue weighted by atomic mass is 19.4. The number of benzene rings is 2. The summed E-state index contributed by atoms with van der Waals surface area (Å²) in [6.07, 6.45) is -3.91. The minimum atomic E-state index is -4.65. The highest BCUT2D eigenvalue weighted by Gasteiger charge is 2.33. The molecule has 0 atom stereocenters. The summed E-state index contributed by atoms with van der Waals surface area (Å²) in [5.74, 6) is 0.105. The zero-order valence-electron chi connectivity index (χ0n) is 11.6. The highest BCUT2D eigenvalue weighted by Crippen LogP contribution is 2.37. The number of alkyl halides is 3. The monoisotopic (exact) mass is 311 g/mol. The minimum absolute atomic E-state index is 0.230. The van der Waals surface area contributed by atoms with Crippen LogP contribution >= 0.6 is 0 Å². The molecule has 116 valence electrons. The highest BCUT2D eigenvalue weighted by molar-refractivity contribution is 5.51. The SMILES string of the molecule is CCc1cccc(Oc2ccc(C(F)(F)F)cc2[N+](=O)[O-])c1. The van der Waals surface area contributed by atoms with Crippen LogP contribution in [-0.2, 0) is 12.6 Å². The van der Waals surface area contributed by atoms with E-state index in [0.29, 0.717) is 11.8 Å². The molecule has 7 heteroatoms. The second kappa shape index (κ2) is 6.05. The van der Waals surface area contributed by atoms with E-state index in [0.717, 1.165) is 24.1 Å². The molecule has 4 nitrogen and oxygen atoms in total.